The summed E-state index contributed by atoms with van der Waals surface area (Å²) in [5.41, 5.74) is 3.44. The summed E-state index contributed by atoms with van der Waals surface area (Å²) in [6, 6.07) is 14.6. The summed E-state index contributed by atoms with van der Waals surface area (Å²) >= 11 is 5.23. The van der Waals surface area contributed by atoms with E-state index in [0.29, 0.717) is 6.42 Å². The van der Waals surface area contributed by atoms with Gasteiger partial charge in [-0.1, -0.05) is 58.5 Å². The highest BCUT2D eigenvalue weighted by Crippen LogP contribution is 2.31. The van der Waals surface area contributed by atoms with Crippen LogP contribution in [0, 0.1) is 0 Å². The lowest BCUT2D eigenvalue weighted by atomic mass is 10.1. The minimum absolute atomic E-state index is 0.215. The summed E-state index contributed by atoms with van der Waals surface area (Å²) in [4.78, 5) is 21.7. The Labute approximate surface area is 171 Å². The van der Waals surface area contributed by atoms with Gasteiger partial charge in [-0.2, -0.15) is 0 Å². The second kappa shape index (κ2) is 7.98. The van der Waals surface area contributed by atoms with Crippen molar-refractivity contribution in [3.63, 3.8) is 0 Å². The van der Waals surface area contributed by atoms with Gasteiger partial charge in [-0.3, -0.25) is 4.79 Å². The topological polar surface area (TPSA) is 36.4 Å². The van der Waals surface area contributed by atoms with Crippen LogP contribution in [-0.2, 0) is 17.6 Å². The first-order valence-corrected chi connectivity index (χ1v) is 10.9. The van der Waals surface area contributed by atoms with Gasteiger partial charge in [0.15, 0.2) is 5.13 Å². The number of anilines is 1. The Balaban J connectivity index is 1.36. The van der Waals surface area contributed by atoms with Gasteiger partial charge in [0.2, 0.25) is 5.91 Å². The van der Waals surface area contributed by atoms with Gasteiger partial charge >= 0.3 is 0 Å². The molecular weight excluding hydrogens is 422 g/mol. The molecule has 3 aromatic rings. The van der Waals surface area contributed by atoms with Crippen molar-refractivity contribution in [3.8, 4) is 0 Å². The maximum absolute atomic E-state index is 12.6. The predicted molar refractivity (Wildman–Crippen MR) is 116 cm³/mol. The number of rotatable bonds is 4. The Morgan fingerprint density at radius 2 is 1.78 bits per heavy atom. The maximum Gasteiger partial charge on any atom is 0.227 e. The summed E-state index contributed by atoms with van der Waals surface area (Å²) in [6.07, 6.45) is 1.51. The van der Waals surface area contributed by atoms with Gasteiger partial charge in [-0.15, -0.1) is 0 Å². The second-order valence-corrected chi connectivity index (χ2v) is 8.75. The molecule has 1 fully saturated rings. The Morgan fingerprint density at radius 1 is 1.07 bits per heavy atom. The molecule has 0 aliphatic carbocycles. The molecule has 2 aromatic carbocycles. The third-order valence-electron chi connectivity index (χ3n) is 5.03. The zero-order valence-corrected chi connectivity index (χ0v) is 17.7. The molecule has 0 atom stereocenters. The number of aromatic nitrogens is 1. The van der Waals surface area contributed by atoms with E-state index >= 15 is 0 Å². The van der Waals surface area contributed by atoms with E-state index in [4.69, 9.17) is 4.98 Å². The molecule has 0 bridgehead atoms. The highest BCUT2D eigenvalue weighted by Gasteiger charge is 2.23. The van der Waals surface area contributed by atoms with Gasteiger partial charge in [0.1, 0.15) is 0 Å². The van der Waals surface area contributed by atoms with Crippen LogP contribution in [0.1, 0.15) is 18.1 Å². The molecule has 1 saturated heterocycles. The molecule has 0 spiro atoms. The first kappa shape index (κ1) is 18.4. The van der Waals surface area contributed by atoms with E-state index in [1.165, 1.54) is 10.3 Å². The van der Waals surface area contributed by atoms with E-state index in [-0.39, 0.29) is 5.91 Å². The fourth-order valence-electron chi connectivity index (χ4n) is 3.35. The number of fused-ring (bicyclic) bond motifs is 1. The van der Waals surface area contributed by atoms with Crippen LogP contribution in [0.4, 0.5) is 5.13 Å². The van der Waals surface area contributed by atoms with Crippen molar-refractivity contribution in [3.05, 3.63) is 58.1 Å². The van der Waals surface area contributed by atoms with Gasteiger partial charge in [-0.25, -0.2) is 4.98 Å². The molecule has 4 nitrogen and oxygen atoms in total. The maximum atomic E-state index is 12.6. The number of aryl methyl sites for hydroxylation is 1. The lowest BCUT2D eigenvalue weighted by Crippen LogP contribution is -2.49. The molecule has 6 heteroatoms. The summed E-state index contributed by atoms with van der Waals surface area (Å²) in [5, 5.41) is 1.05. The summed E-state index contributed by atoms with van der Waals surface area (Å²) in [7, 11) is 0. The van der Waals surface area contributed by atoms with E-state index in [1.54, 1.807) is 11.3 Å². The second-order valence-electron chi connectivity index (χ2n) is 6.82. The zero-order valence-electron chi connectivity index (χ0n) is 15.3. The Morgan fingerprint density at radius 3 is 2.48 bits per heavy atom. The minimum atomic E-state index is 0.215. The fourth-order valence-corrected chi connectivity index (χ4v) is 4.92. The summed E-state index contributed by atoms with van der Waals surface area (Å²) in [5.74, 6) is 0.215. The number of halogens is 1. The minimum Gasteiger partial charge on any atom is -0.345 e. The number of hydrogen-bond acceptors (Lipinski definition) is 4. The van der Waals surface area contributed by atoms with Crippen molar-refractivity contribution in [1.82, 2.24) is 9.88 Å². The quantitative estimate of drug-likeness (QED) is 0.594. The van der Waals surface area contributed by atoms with Crippen molar-refractivity contribution in [2.24, 2.45) is 0 Å². The molecule has 4 rings (SSSR count). The highest BCUT2D eigenvalue weighted by molar-refractivity contribution is 9.10. The van der Waals surface area contributed by atoms with Crippen LogP contribution < -0.4 is 4.90 Å². The number of carbonyl (C=O) groups excluding carboxylic acids is 1. The molecule has 140 valence electrons. The molecular formula is C21H22BrN3OS. The lowest BCUT2D eigenvalue weighted by Gasteiger charge is -2.34. The predicted octanol–water partition coefficient (Wildman–Crippen LogP) is 4.51. The smallest absolute Gasteiger partial charge is 0.227 e. The number of hydrogen-bond donors (Lipinski definition) is 0. The van der Waals surface area contributed by atoms with Gasteiger partial charge in [0.25, 0.3) is 0 Å². The third-order valence-corrected chi connectivity index (χ3v) is 6.60. The molecule has 1 aromatic heterocycles. The number of amides is 1. The molecule has 1 aliphatic rings. The van der Waals surface area contributed by atoms with Crippen LogP contribution in [0.2, 0.25) is 0 Å². The monoisotopic (exact) mass is 443 g/mol. The average molecular weight is 444 g/mol. The number of piperazine rings is 1. The molecule has 2 heterocycles. The molecule has 1 aliphatic heterocycles. The molecule has 0 N–H and O–H groups in total. The summed E-state index contributed by atoms with van der Waals surface area (Å²) < 4.78 is 2.26. The zero-order chi connectivity index (χ0) is 18.8. The first-order valence-electron chi connectivity index (χ1n) is 9.29. The third kappa shape index (κ3) is 4.17. The van der Waals surface area contributed by atoms with Gasteiger partial charge in [-0.05, 0) is 35.7 Å². The van der Waals surface area contributed by atoms with Crippen molar-refractivity contribution < 1.29 is 4.79 Å². The summed E-state index contributed by atoms with van der Waals surface area (Å²) in [6.45, 7) is 5.32. The Hall–Kier alpha value is -1.92. The lowest BCUT2D eigenvalue weighted by molar-refractivity contribution is -0.130. The van der Waals surface area contributed by atoms with E-state index in [1.807, 2.05) is 17.0 Å². The Bertz CT molecular complexity index is 946. The van der Waals surface area contributed by atoms with Gasteiger partial charge < -0.3 is 9.80 Å². The number of carbonyl (C=O) groups is 1. The van der Waals surface area contributed by atoms with E-state index in [9.17, 15) is 4.79 Å². The molecule has 1 amide bonds. The number of nitrogens with zero attached hydrogens (tertiary/aromatic N) is 3. The van der Waals surface area contributed by atoms with Crippen LogP contribution in [0.3, 0.4) is 0 Å². The van der Waals surface area contributed by atoms with E-state index in [0.717, 1.165) is 53.3 Å². The van der Waals surface area contributed by atoms with E-state index in [2.05, 4.69) is 58.1 Å². The molecule has 0 radical (unpaired) electrons. The van der Waals surface area contributed by atoms with Crippen LogP contribution in [-0.4, -0.2) is 42.0 Å². The standard InChI is InChI=1S/C21H22BrN3OS/c1-2-15-3-5-16(6-4-15)13-20(26)24-9-11-25(12-10-24)21-23-18-8-7-17(22)14-19(18)27-21/h3-8,14H,2,9-13H2,1H3. The number of benzene rings is 2. The fraction of sp³-hybridized carbons (Fsp3) is 0.333. The molecule has 27 heavy (non-hydrogen) atoms. The van der Waals surface area contributed by atoms with Crippen LogP contribution >= 0.6 is 27.3 Å². The average Bonchev–Trinajstić information content (AvgIpc) is 3.12. The van der Waals surface area contributed by atoms with Crippen molar-refractivity contribution >= 4 is 48.5 Å². The van der Waals surface area contributed by atoms with Crippen molar-refractivity contribution in [2.45, 2.75) is 19.8 Å². The van der Waals surface area contributed by atoms with Gasteiger partial charge in [0, 0.05) is 30.7 Å². The SMILES string of the molecule is CCc1ccc(CC(=O)N2CCN(c3nc4ccc(Br)cc4s3)CC2)cc1. The van der Waals surface area contributed by atoms with Gasteiger partial charge in [0.05, 0.1) is 16.6 Å². The van der Waals surface area contributed by atoms with Crippen LogP contribution in [0.5, 0.6) is 0 Å². The van der Waals surface area contributed by atoms with Crippen molar-refractivity contribution in [2.75, 3.05) is 31.1 Å². The first-order chi connectivity index (χ1) is 13.1. The normalized spacial score (nSPS) is 14.7. The number of thiazole rings is 1. The Kier molecular flexibility index (Phi) is 5.45. The van der Waals surface area contributed by atoms with Crippen molar-refractivity contribution in [1.29, 1.82) is 0 Å². The largest absolute Gasteiger partial charge is 0.345 e. The van der Waals surface area contributed by atoms with Crippen LogP contribution in [0.15, 0.2) is 46.9 Å². The molecule has 0 unspecified atom stereocenters. The van der Waals surface area contributed by atoms with E-state index < -0.39 is 0 Å². The molecule has 0 saturated carbocycles. The highest BCUT2D eigenvalue weighted by atomic mass is 79.9. The van der Waals surface area contributed by atoms with Crippen LogP contribution in [0.25, 0.3) is 10.2 Å².